The maximum absolute atomic E-state index is 5.77. The van der Waals surface area contributed by atoms with Gasteiger partial charge in [0.15, 0.2) is 0 Å². The highest BCUT2D eigenvalue weighted by molar-refractivity contribution is 6.20. The van der Waals surface area contributed by atoms with Crippen LogP contribution < -0.4 is 0 Å². The summed E-state index contributed by atoms with van der Waals surface area (Å²) in [5.74, 6) is 1.43. The standard InChI is InChI=1S/C7H14Cl2/c1-6(3-4-8)5-7(2)9/h6-7H,3-5H2,1-2H3. The molecule has 0 N–H and O–H groups in total. The molecule has 2 heteroatoms. The Balaban J connectivity index is 3.15. The largest absolute Gasteiger partial charge is 0.127 e. The van der Waals surface area contributed by atoms with E-state index in [4.69, 9.17) is 23.2 Å². The lowest BCUT2D eigenvalue weighted by Gasteiger charge is -2.09. The average molecular weight is 169 g/mol. The molecule has 56 valence electrons. The molecule has 0 amide bonds. The summed E-state index contributed by atoms with van der Waals surface area (Å²) in [6.07, 6.45) is 2.16. The first kappa shape index (κ1) is 9.58. The summed E-state index contributed by atoms with van der Waals surface area (Å²) in [6.45, 7) is 4.20. The van der Waals surface area contributed by atoms with Crippen molar-refractivity contribution in [1.82, 2.24) is 0 Å². The molecule has 0 aliphatic heterocycles. The number of halogens is 2. The van der Waals surface area contributed by atoms with E-state index in [1.165, 1.54) is 0 Å². The van der Waals surface area contributed by atoms with Crippen LogP contribution in [0.5, 0.6) is 0 Å². The fourth-order valence-corrected chi connectivity index (χ4v) is 1.54. The van der Waals surface area contributed by atoms with Crippen molar-refractivity contribution in [2.75, 3.05) is 5.88 Å². The van der Waals surface area contributed by atoms with E-state index >= 15 is 0 Å². The molecule has 0 heterocycles. The van der Waals surface area contributed by atoms with Gasteiger partial charge in [0.2, 0.25) is 0 Å². The Bertz CT molecular complexity index is 61.9. The first-order chi connectivity index (χ1) is 4.16. The van der Waals surface area contributed by atoms with Gasteiger partial charge in [-0.2, -0.15) is 0 Å². The maximum atomic E-state index is 5.77. The molecule has 2 unspecified atom stereocenters. The fourth-order valence-electron chi connectivity index (χ4n) is 0.859. The zero-order valence-electron chi connectivity index (χ0n) is 6.03. The predicted octanol–water partition coefficient (Wildman–Crippen LogP) is 3.27. The highest BCUT2D eigenvalue weighted by atomic mass is 35.5. The van der Waals surface area contributed by atoms with Gasteiger partial charge in [-0.1, -0.05) is 6.92 Å². The van der Waals surface area contributed by atoms with Gasteiger partial charge in [-0.25, -0.2) is 0 Å². The van der Waals surface area contributed by atoms with E-state index in [-0.39, 0.29) is 0 Å². The molecule has 0 aromatic rings. The van der Waals surface area contributed by atoms with E-state index < -0.39 is 0 Å². The molecule has 0 nitrogen and oxygen atoms in total. The average Bonchev–Trinajstić information content (AvgIpc) is 1.63. The minimum absolute atomic E-state index is 0.295. The summed E-state index contributed by atoms with van der Waals surface area (Å²) < 4.78 is 0. The Morgan fingerprint density at radius 3 is 2.22 bits per heavy atom. The summed E-state index contributed by atoms with van der Waals surface area (Å²) in [7, 11) is 0. The summed E-state index contributed by atoms with van der Waals surface area (Å²) in [4.78, 5) is 0. The molecular formula is C7H14Cl2. The van der Waals surface area contributed by atoms with Crippen LogP contribution in [0.15, 0.2) is 0 Å². The molecule has 0 aliphatic rings. The Morgan fingerprint density at radius 2 is 1.89 bits per heavy atom. The summed E-state index contributed by atoms with van der Waals surface area (Å²) in [5.41, 5.74) is 0. The predicted molar refractivity (Wildman–Crippen MR) is 44.4 cm³/mol. The van der Waals surface area contributed by atoms with E-state index in [0.29, 0.717) is 11.3 Å². The highest BCUT2D eigenvalue weighted by Crippen LogP contribution is 2.14. The van der Waals surface area contributed by atoms with E-state index in [1.54, 1.807) is 0 Å². The lowest BCUT2D eigenvalue weighted by Crippen LogP contribution is -2.02. The van der Waals surface area contributed by atoms with Crippen molar-refractivity contribution >= 4 is 23.2 Å². The number of rotatable bonds is 4. The third kappa shape index (κ3) is 6.47. The summed E-state index contributed by atoms with van der Waals surface area (Å²) in [5, 5.41) is 0.295. The molecule has 2 atom stereocenters. The van der Waals surface area contributed by atoms with Gasteiger partial charge in [-0.15, -0.1) is 23.2 Å². The van der Waals surface area contributed by atoms with Crippen LogP contribution in [0.1, 0.15) is 26.7 Å². The van der Waals surface area contributed by atoms with Crippen molar-refractivity contribution in [2.45, 2.75) is 32.1 Å². The summed E-state index contributed by atoms with van der Waals surface area (Å²) >= 11 is 11.3. The third-order valence-corrected chi connectivity index (χ3v) is 1.73. The molecule has 0 rings (SSSR count). The first-order valence-corrected chi connectivity index (χ1v) is 4.34. The van der Waals surface area contributed by atoms with Gasteiger partial charge in [0.25, 0.3) is 0 Å². The van der Waals surface area contributed by atoms with Crippen molar-refractivity contribution < 1.29 is 0 Å². The third-order valence-electron chi connectivity index (χ3n) is 1.33. The molecular weight excluding hydrogens is 155 g/mol. The Morgan fingerprint density at radius 1 is 1.33 bits per heavy atom. The van der Waals surface area contributed by atoms with Crippen LogP contribution in [0, 0.1) is 5.92 Å². The SMILES string of the molecule is CC(Cl)CC(C)CCCl. The molecule has 9 heavy (non-hydrogen) atoms. The second kappa shape index (κ2) is 5.37. The minimum atomic E-state index is 0.295. The van der Waals surface area contributed by atoms with Gasteiger partial charge >= 0.3 is 0 Å². The van der Waals surface area contributed by atoms with Gasteiger partial charge in [-0.3, -0.25) is 0 Å². The lowest BCUT2D eigenvalue weighted by molar-refractivity contribution is 0.515. The second-order valence-electron chi connectivity index (χ2n) is 2.60. The normalized spacial score (nSPS) is 17.3. The van der Waals surface area contributed by atoms with Crippen LogP contribution in [0.3, 0.4) is 0 Å². The Kier molecular flexibility index (Phi) is 5.72. The van der Waals surface area contributed by atoms with Crippen LogP contribution >= 0.6 is 23.2 Å². The van der Waals surface area contributed by atoms with Gasteiger partial charge in [0.1, 0.15) is 0 Å². The fraction of sp³-hybridized carbons (Fsp3) is 1.00. The zero-order valence-corrected chi connectivity index (χ0v) is 7.54. The molecule has 0 fully saturated rings. The van der Waals surface area contributed by atoms with Crippen LogP contribution in [0.25, 0.3) is 0 Å². The molecule has 0 bridgehead atoms. The zero-order chi connectivity index (χ0) is 7.28. The van der Waals surface area contributed by atoms with E-state index in [2.05, 4.69) is 6.92 Å². The van der Waals surface area contributed by atoms with Crippen molar-refractivity contribution in [2.24, 2.45) is 5.92 Å². The van der Waals surface area contributed by atoms with Gasteiger partial charge in [0, 0.05) is 11.3 Å². The first-order valence-electron chi connectivity index (χ1n) is 3.36. The lowest BCUT2D eigenvalue weighted by atomic mass is 10.0. The van der Waals surface area contributed by atoms with Gasteiger partial charge < -0.3 is 0 Å². The molecule has 0 aromatic carbocycles. The van der Waals surface area contributed by atoms with Crippen molar-refractivity contribution in [3.63, 3.8) is 0 Å². The van der Waals surface area contributed by atoms with Crippen molar-refractivity contribution in [1.29, 1.82) is 0 Å². The van der Waals surface area contributed by atoms with Crippen molar-refractivity contribution in [3.05, 3.63) is 0 Å². The molecule has 0 aliphatic carbocycles. The number of hydrogen-bond acceptors (Lipinski definition) is 0. The van der Waals surface area contributed by atoms with Crippen LogP contribution in [-0.2, 0) is 0 Å². The second-order valence-corrected chi connectivity index (χ2v) is 3.72. The van der Waals surface area contributed by atoms with Crippen LogP contribution in [0.4, 0.5) is 0 Å². The van der Waals surface area contributed by atoms with E-state index in [0.717, 1.165) is 18.7 Å². The topological polar surface area (TPSA) is 0 Å². The number of hydrogen-bond donors (Lipinski definition) is 0. The summed E-state index contributed by atoms with van der Waals surface area (Å²) in [6, 6.07) is 0. The monoisotopic (exact) mass is 168 g/mol. The molecule has 0 radical (unpaired) electrons. The van der Waals surface area contributed by atoms with E-state index in [1.807, 2.05) is 6.92 Å². The molecule has 0 aromatic heterocycles. The molecule has 0 spiro atoms. The maximum Gasteiger partial charge on any atom is 0.0310 e. The molecule has 0 saturated heterocycles. The Hall–Kier alpha value is 0.580. The smallest absolute Gasteiger partial charge is 0.0310 e. The van der Waals surface area contributed by atoms with Gasteiger partial charge in [0.05, 0.1) is 0 Å². The molecule has 0 saturated carbocycles. The minimum Gasteiger partial charge on any atom is -0.127 e. The van der Waals surface area contributed by atoms with Crippen LogP contribution in [0.2, 0.25) is 0 Å². The number of alkyl halides is 2. The Labute approximate surface area is 67.5 Å². The quantitative estimate of drug-likeness (QED) is 0.566. The van der Waals surface area contributed by atoms with Gasteiger partial charge in [-0.05, 0) is 25.7 Å². The van der Waals surface area contributed by atoms with E-state index in [9.17, 15) is 0 Å². The highest BCUT2D eigenvalue weighted by Gasteiger charge is 2.04. The van der Waals surface area contributed by atoms with Crippen molar-refractivity contribution in [3.8, 4) is 0 Å². The van der Waals surface area contributed by atoms with Crippen LogP contribution in [-0.4, -0.2) is 11.3 Å².